The molecule has 16 heavy (non-hydrogen) atoms. The van der Waals surface area contributed by atoms with Gasteiger partial charge in [-0.15, -0.1) is 0 Å². The van der Waals surface area contributed by atoms with E-state index in [-0.39, 0.29) is 0 Å². The molecule has 3 aromatic rings. The van der Waals surface area contributed by atoms with Gasteiger partial charge >= 0.3 is 0 Å². The molecule has 1 N–H and O–H groups in total. The van der Waals surface area contributed by atoms with Gasteiger partial charge in [-0.3, -0.25) is 0 Å². The molecule has 4 heteroatoms. The first-order chi connectivity index (χ1) is 7.88. The summed E-state index contributed by atoms with van der Waals surface area (Å²) in [6, 6.07) is 9.43. The maximum absolute atomic E-state index is 8.95. The average Bonchev–Trinajstić information content (AvgIpc) is 2.96. The number of fused-ring (bicyclic) bond motifs is 1. The number of nitrogens with one attached hydrogen (secondary N) is 1. The number of furan rings is 1. The maximum Gasteiger partial charge on any atom is 0.141 e. The van der Waals surface area contributed by atoms with Crippen molar-refractivity contribution in [1.82, 2.24) is 9.97 Å². The van der Waals surface area contributed by atoms with Crippen molar-refractivity contribution in [2.24, 2.45) is 0 Å². The molecule has 2 aromatic heterocycles. The highest BCUT2D eigenvalue weighted by molar-refractivity contribution is 5.84. The van der Waals surface area contributed by atoms with Crippen LogP contribution < -0.4 is 0 Å². The van der Waals surface area contributed by atoms with Crippen LogP contribution in [0.25, 0.3) is 22.4 Å². The number of benzene rings is 1. The van der Waals surface area contributed by atoms with Crippen molar-refractivity contribution < 1.29 is 4.42 Å². The summed E-state index contributed by atoms with van der Waals surface area (Å²) in [5, 5.41) is 8.95. The Hall–Kier alpha value is -2.54. The Morgan fingerprint density at radius 1 is 1.31 bits per heavy atom. The highest BCUT2D eigenvalue weighted by atomic mass is 16.3. The highest BCUT2D eigenvalue weighted by Gasteiger charge is 2.08. The lowest BCUT2D eigenvalue weighted by Crippen LogP contribution is -1.77. The van der Waals surface area contributed by atoms with E-state index in [1.165, 1.54) is 0 Å². The normalized spacial score (nSPS) is 10.4. The number of para-hydroxylation sites is 1. The quantitative estimate of drug-likeness (QED) is 0.670. The zero-order chi connectivity index (χ0) is 11.0. The molecular formula is C12H7N3O. The van der Waals surface area contributed by atoms with Gasteiger partial charge in [-0.25, -0.2) is 4.98 Å². The predicted octanol–water partition coefficient (Wildman–Crippen LogP) is 2.69. The summed E-state index contributed by atoms with van der Waals surface area (Å²) < 4.78 is 5.00. The first kappa shape index (κ1) is 8.74. The molecule has 3 rings (SSSR count). The third-order valence-electron chi connectivity index (χ3n) is 2.43. The lowest BCUT2D eigenvalue weighted by molar-refractivity contribution is 0.568. The topological polar surface area (TPSA) is 65.6 Å². The second-order valence-corrected chi connectivity index (χ2v) is 3.41. The van der Waals surface area contributed by atoms with E-state index in [4.69, 9.17) is 9.68 Å². The lowest BCUT2D eigenvalue weighted by atomic mass is 10.2. The van der Waals surface area contributed by atoms with Crippen molar-refractivity contribution in [2.75, 3.05) is 0 Å². The number of rotatable bonds is 1. The number of aromatic amines is 1. The van der Waals surface area contributed by atoms with Crippen LogP contribution in [0.1, 0.15) is 5.56 Å². The van der Waals surface area contributed by atoms with Gasteiger partial charge in [-0.05, 0) is 18.2 Å². The zero-order valence-corrected chi connectivity index (χ0v) is 8.27. The van der Waals surface area contributed by atoms with E-state index < -0.39 is 0 Å². The number of H-pyrrole nitrogens is 1. The van der Waals surface area contributed by atoms with Crippen LogP contribution in [0.3, 0.4) is 0 Å². The van der Waals surface area contributed by atoms with E-state index in [0.717, 1.165) is 11.1 Å². The average molecular weight is 209 g/mol. The fourth-order valence-electron chi connectivity index (χ4n) is 1.66. The first-order valence-electron chi connectivity index (χ1n) is 4.80. The number of aromatic nitrogens is 2. The van der Waals surface area contributed by atoms with Gasteiger partial charge in [0.2, 0.25) is 0 Å². The minimum absolute atomic E-state index is 0.573. The summed E-state index contributed by atoms with van der Waals surface area (Å²) in [5.74, 6) is 0.714. The van der Waals surface area contributed by atoms with Crippen LogP contribution in [0.5, 0.6) is 0 Å². The molecule has 0 aliphatic heterocycles. The molecule has 0 saturated heterocycles. The first-order valence-corrected chi connectivity index (χ1v) is 4.80. The Balaban J connectivity index is 2.28. The van der Waals surface area contributed by atoms with Gasteiger partial charge in [0.15, 0.2) is 0 Å². The van der Waals surface area contributed by atoms with Crippen LogP contribution in [-0.4, -0.2) is 9.97 Å². The Morgan fingerprint density at radius 3 is 3.00 bits per heavy atom. The van der Waals surface area contributed by atoms with Crippen molar-refractivity contribution in [2.45, 2.75) is 0 Å². The number of hydrogen-bond acceptors (Lipinski definition) is 3. The van der Waals surface area contributed by atoms with Crippen molar-refractivity contribution in [3.8, 4) is 17.5 Å². The smallest absolute Gasteiger partial charge is 0.141 e. The van der Waals surface area contributed by atoms with Crippen LogP contribution >= 0.6 is 0 Å². The largest absolute Gasteiger partial charge is 0.472 e. The Bertz CT molecular complexity index is 674. The van der Waals surface area contributed by atoms with Crippen LogP contribution in [0.2, 0.25) is 0 Å². The summed E-state index contributed by atoms with van der Waals surface area (Å²) in [6.07, 6.45) is 3.21. The minimum Gasteiger partial charge on any atom is -0.472 e. The Kier molecular flexibility index (Phi) is 1.77. The Labute approximate surface area is 91.2 Å². The summed E-state index contributed by atoms with van der Waals surface area (Å²) >= 11 is 0. The molecule has 4 nitrogen and oxygen atoms in total. The number of nitriles is 1. The molecular weight excluding hydrogens is 202 g/mol. The fraction of sp³-hybridized carbons (Fsp3) is 0. The molecule has 0 amide bonds. The fourth-order valence-corrected chi connectivity index (χ4v) is 1.66. The minimum atomic E-state index is 0.573. The van der Waals surface area contributed by atoms with E-state index in [2.05, 4.69) is 16.0 Å². The molecule has 0 spiro atoms. The van der Waals surface area contributed by atoms with E-state index in [1.807, 2.05) is 18.2 Å². The van der Waals surface area contributed by atoms with E-state index in [0.29, 0.717) is 16.9 Å². The number of imidazole rings is 1. The third kappa shape index (κ3) is 1.19. The summed E-state index contributed by atoms with van der Waals surface area (Å²) in [6.45, 7) is 0. The molecule has 1 aromatic carbocycles. The number of nitrogens with zero attached hydrogens (tertiary/aromatic N) is 2. The monoisotopic (exact) mass is 209 g/mol. The summed E-state index contributed by atoms with van der Waals surface area (Å²) in [4.78, 5) is 7.54. The molecule has 0 aliphatic carbocycles. The van der Waals surface area contributed by atoms with E-state index >= 15 is 0 Å². The van der Waals surface area contributed by atoms with E-state index in [1.54, 1.807) is 18.6 Å². The zero-order valence-electron chi connectivity index (χ0n) is 8.27. The molecule has 0 aliphatic rings. The SMILES string of the molecule is N#Cc1cccc2[nH]c(-c3ccoc3)nc12. The van der Waals surface area contributed by atoms with Crippen LogP contribution in [0.4, 0.5) is 0 Å². The van der Waals surface area contributed by atoms with Gasteiger partial charge in [0.05, 0.1) is 22.9 Å². The van der Waals surface area contributed by atoms with Crippen molar-refractivity contribution in [1.29, 1.82) is 5.26 Å². The molecule has 0 fully saturated rings. The lowest BCUT2D eigenvalue weighted by Gasteiger charge is -1.87. The molecule has 0 atom stereocenters. The van der Waals surface area contributed by atoms with Gasteiger partial charge in [0, 0.05) is 0 Å². The van der Waals surface area contributed by atoms with E-state index in [9.17, 15) is 0 Å². The predicted molar refractivity (Wildman–Crippen MR) is 58.5 cm³/mol. The van der Waals surface area contributed by atoms with Gasteiger partial charge in [-0.1, -0.05) is 6.07 Å². The van der Waals surface area contributed by atoms with Gasteiger partial charge < -0.3 is 9.40 Å². The highest BCUT2D eigenvalue weighted by Crippen LogP contribution is 2.22. The van der Waals surface area contributed by atoms with Gasteiger partial charge in [0.1, 0.15) is 23.7 Å². The third-order valence-corrected chi connectivity index (χ3v) is 2.43. The molecule has 0 unspecified atom stereocenters. The van der Waals surface area contributed by atoms with Crippen molar-refractivity contribution in [3.05, 3.63) is 42.4 Å². The maximum atomic E-state index is 8.95. The second-order valence-electron chi connectivity index (χ2n) is 3.41. The van der Waals surface area contributed by atoms with Crippen LogP contribution in [0.15, 0.2) is 41.2 Å². The molecule has 2 heterocycles. The van der Waals surface area contributed by atoms with Gasteiger partial charge in [-0.2, -0.15) is 5.26 Å². The van der Waals surface area contributed by atoms with Crippen LogP contribution in [0, 0.1) is 11.3 Å². The molecule has 76 valence electrons. The molecule has 0 radical (unpaired) electrons. The molecule has 0 saturated carbocycles. The summed E-state index contributed by atoms with van der Waals surface area (Å²) in [7, 11) is 0. The number of hydrogen-bond donors (Lipinski definition) is 1. The van der Waals surface area contributed by atoms with Crippen molar-refractivity contribution >= 4 is 11.0 Å². The Morgan fingerprint density at radius 2 is 2.25 bits per heavy atom. The second kappa shape index (κ2) is 3.24. The summed E-state index contributed by atoms with van der Waals surface area (Å²) in [5.41, 5.74) is 3.00. The standard InChI is InChI=1S/C12H7N3O/c13-6-8-2-1-3-10-11(8)15-12(14-10)9-4-5-16-7-9/h1-5,7H,(H,14,15). The van der Waals surface area contributed by atoms with Gasteiger partial charge in [0.25, 0.3) is 0 Å². The molecule has 0 bridgehead atoms. The van der Waals surface area contributed by atoms with Crippen molar-refractivity contribution in [3.63, 3.8) is 0 Å². The van der Waals surface area contributed by atoms with Crippen LogP contribution in [-0.2, 0) is 0 Å².